The number of carbonyl (C=O) groups excluding carboxylic acids is 2. The molecule has 0 aromatic heterocycles. The molecule has 36 heavy (non-hydrogen) atoms. The third-order valence-electron chi connectivity index (χ3n) is 6.73. The molecule has 2 aromatic carbocycles. The topological polar surface area (TPSA) is 79.3 Å². The normalized spacial score (nSPS) is 20.1. The molecule has 0 bridgehead atoms. The maximum Gasteiger partial charge on any atom is 0.295 e. The van der Waals surface area contributed by atoms with E-state index >= 15 is 0 Å². The third-order valence-corrected chi connectivity index (χ3v) is 6.73. The molecule has 0 unspecified atom stereocenters. The van der Waals surface area contributed by atoms with Gasteiger partial charge in [-0.15, -0.1) is 0 Å². The number of Topliss-reactive ketones (excluding diaryl/α,β-unsaturated/α-hetero) is 1. The van der Waals surface area contributed by atoms with Crippen molar-refractivity contribution in [1.29, 1.82) is 0 Å². The second-order valence-corrected chi connectivity index (χ2v) is 9.29. The molecule has 1 atom stereocenters. The Kier molecular flexibility index (Phi) is 8.23. The lowest BCUT2D eigenvalue weighted by Crippen LogP contribution is -2.38. The van der Waals surface area contributed by atoms with Gasteiger partial charge in [-0.3, -0.25) is 14.5 Å². The summed E-state index contributed by atoms with van der Waals surface area (Å²) in [5.41, 5.74) is 3.25. The molecule has 0 aliphatic carbocycles. The Morgan fingerprint density at radius 3 is 2.50 bits per heavy atom. The van der Waals surface area contributed by atoms with Gasteiger partial charge >= 0.3 is 0 Å². The van der Waals surface area contributed by atoms with Crippen LogP contribution in [0.4, 0.5) is 0 Å². The highest BCUT2D eigenvalue weighted by Crippen LogP contribution is 2.40. The van der Waals surface area contributed by atoms with Crippen LogP contribution in [0.5, 0.6) is 5.75 Å². The van der Waals surface area contributed by atoms with E-state index in [0.717, 1.165) is 42.7 Å². The largest absolute Gasteiger partial charge is 0.507 e. The number of hydrogen-bond donors (Lipinski definition) is 1. The smallest absolute Gasteiger partial charge is 0.295 e. The first-order chi connectivity index (χ1) is 17.4. The fourth-order valence-electron chi connectivity index (χ4n) is 4.79. The van der Waals surface area contributed by atoms with Gasteiger partial charge in [-0.1, -0.05) is 42.5 Å². The van der Waals surface area contributed by atoms with Crippen LogP contribution < -0.4 is 4.74 Å². The number of morpholine rings is 1. The Morgan fingerprint density at radius 1 is 1.11 bits per heavy atom. The molecular formula is C29H34N2O5. The molecule has 0 radical (unpaired) electrons. The molecule has 0 spiro atoms. The number of ether oxygens (including phenoxy) is 2. The first-order valence-corrected chi connectivity index (χ1v) is 12.4. The van der Waals surface area contributed by atoms with E-state index in [0.29, 0.717) is 37.7 Å². The van der Waals surface area contributed by atoms with E-state index in [1.807, 2.05) is 38.1 Å². The number of rotatable bonds is 9. The quantitative estimate of drug-likeness (QED) is 0.248. The van der Waals surface area contributed by atoms with Crippen molar-refractivity contribution in [3.63, 3.8) is 0 Å². The van der Waals surface area contributed by atoms with Crippen LogP contribution in [0.3, 0.4) is 0 Å². The van der Waals surface area contributed by atoms with Crippen LogP contribution in [-0.4, -0.2) is 72.6 Å². The number of aliphatic hydroxyl groups excluding tert-OH is 1. The molecule has 2 saturated heterocycles. The molecule has 2 aliphatic heterocycles. The molecule has 7 heteroatoms. The van der Waals surface area contributed by atoms with Crippen molar-refractivity contribution >= 4 is 17.4 Å². The molecule has 2 aliphatic rings. The van der Waals surface area contributed by atoms with E-state index in [1.165, 1.54) is 0 Å². The number of nitrogens with zero attached hydrogens (tertiary/aromatic N) is 2. The fourth-order valence-corrected chi connectivity index (χ4v) is 4.79. The van der Waals surface area contributed by atoms with Crippen molar-refractivity contribution in [2.45, 2.75) is 26.3 Å². The highest BCUT2D eigenvalue weighted by atomic mass is 16.5. The Bertz CT molecular complexity index is 1150. The van der Waals surface area contributed by atoms with Gasteiger partial charge in [0.1, 0.15) is 18.1 Å². The molecule has 2 aromatic rings. The lowest BCUT2D eigenvalue weighted by atomic mass is 9.93. The fraction of sp³-hybridized carbons (Fsp3) is 0.379. The van der Waals surface area contributed by atoms with Gasteiger partial charge in [-0.2, -0.15) is 0 Å². The predicted octanol–water partition coefficient (Wildman–Crippen LogP) is 4.01. The van der Waals surface area contributed by atoms with Gasteiger partial charge in [0.05, 0.1) is 24.8 Å². The van der Waals surface area contributed by atoms with Crippen molar-refractivity contribution in [3.05, 3.63) is 82.9 Å². The molecular weight excluding hydrogens is 456 g/mol. The van der Waals surface area contributed by atoms with Gasteiger partial charge in [0.25, 0.3) is 11.7 Å². The molecule has 190 valence electrons. The van der Waals surface area contributed by atoms with E-state index in [-0.39, 0.29) is 11.3 Å². The van der Waals surface area contributed by atoms with Gasteiger partial charge in [0.15, 0.2) is 0 Å². The van der Waals surface area contributed by atoms with Crippen LogP contribution in [0.2, 0.25) is 0 Å². The summed E-state index contributed by atoms with van der Waals surface area (Å²) in [7, 11) is 0. The summed E-state index contributed by atoms with van der Waals surface area (Å²) in [6.45, 7) is 12.3. The molecule has 2 fully saturated rings. The van der Waals surface area contributed by atoms with Crippen LogP contribution in [0.1, 0.15) is 34.7 Å². The zero-order valence-corrected chi connectivity index (χ0v) is 21.0. The van der Waals surface area contributed by atoms with Crippen molar-refractivity contribution in [1.82, 2.24) is 9.80 Å². The zero-order chi connectivity index (χ0) is 25.7. The number of carbonyl (C=O) groups is 2. The SMILES string of the molecule is C=CCOc1ccc(C(O)=C2C(=O)C(=O)N(CCCN3CCOCC3)[C@@H]2c2ccc(C)cc2)c(C)c1. The lowest BCUT2D eigenvalue weighted by Gasteiger charge is -2.29. The number of hydrogen-bond acceptors (Lipinski definition) is 6. The Labute approximate surface area is 212 Å². The second-order valence-electron chi connectivity index (χ2n) is 9.29. The molecule has 1 N–H and O–H groups in total. The first kappa shape index (κ1) is 25.7. The highest BCUT2D eigenvalue weighted by molar-refractivity contribution is 6.46. The van der Waals surface area contributed by atoms with Gasteiger partial charge in [0, 0.05) is 31.7 Å². The van der Waals surface area contributed by atoms with Crippen LogP contribution in [0, 0.1) is 13.8 Å². The average Bonchev–Trinajstić information content (AvgIpc) is 3.13. The minimum Gasteiger partial charge on any atom is -0.507 e. The van der Waals surface area contributed by atoms with Crippen LogP contribution in [0.25, 0.3) is 5.76 Å². The third kappa shape index (κ3) is 5.53. The predicted molar refractivity (Wildman–Crippen MR) is 139 cm³/mol. The number of ketones is 1. The molecule has 1 amide bonds. The molecule has 2 heterocycles. The summed E-state index contributed by atoms with van der Waals surface area (Å²) >= 11 is 0. The zero-order valence-electron chi connectivity index (χ0n) is 21.0. The van der Waals surface area contributed by atoms with Crippen LogP contribution >= 0.6 is 0 Å². The summed E-state index contributed by atoms with van der Waals surface area (Å²) in [6, 6.07) is 12.4. The van der Waals surface area contributed by atoms with E-state index in [9.17, 15) is 14.7 Å². The minimum atomic E-state index is -0.657. The number of likely N-dealkylation sites (tertiary alicyclic amines) is 1. The summed E-state index contributed by atoms with van der Waals surface area (Å²) in [5.74, 6) is -0.756. The maximum absolute atomic E-state index is 13.3. The number of benzene rings is 2. The first-order valence-electron chi connectivity index (χ1n) is 12.4. The molecule has 7 nitrogen and oxygen atoms in total. The van der Waals surface area contributed by atoms with Crippen LogP contribution in [0.15, 0.2) is 60.7 Å². The maximum atomic E-state index is 13.3. The van der Waals surface area contributed by atoms with Crippen molar-refractivity contribution in [2.75, 3.05) is 46.0 Å². The van der Waals surface area contributed by atoms with Gasteiger partial charge in [0.2, 0.25) is 0 Å². The van der Waals surface area contributed by atoms with Crippen molar-refractivity contribution in [2.24, 2.45) is 0 Å². The van der Waals surface area contributed by atoms with Crippen LogP contribution in [-0.2, 0) is 14.3 Å². The standard InChI is InChI=1S/C29H34N2O5/c1-4-16-36-23-10-11-24(21(3)19-23)27(32)25-26(22-8-6-20(2)7-9-22)31(29(34)28(25)33)13-5-12-30-14-17-35-18-15-30/h4,6-11,19,26,32H,1,5,12-18H2,2-3H3/t26-/m1/s1. The van der Waals surface area contributed by atoms with Crippen molar-refractivity contribution in [3.8, 4) is 5.75 Å². The average molecular weight is 491 g/mol. The summed E-state index contributed by atoms with van der Waals surface area (Å²) < 4.78 is 11.0. The van der Waals surface area contributed by atoms with Gasteiger partial charge in [-0.05, 0) is 49.6 Å². The number of amides is 1. The van der Waals surface area contributed by atoms with Gasteiger partial charge < -0.3 is 19.5 Å². The number of aliphatic hydroxyl groups is 1. The minimum absolute atomic E-state index is 0.123. The van der Waals surface area contributed by atoms with E-state index in [2.05, 4.69) is 11.5 Å². The Morgan fingerprint density at radius 2 is 1.83 bits per heavy atom. The second kappa shape index (κ2) is 11.5. The van der Waals surface area contributed by atoms with E-state index < -0.39 is 17.7 Å². The Hall–Kier alpha value is -3.42. The van der Waals surface area contributed by atoms with Gasteiger partial charge in [-0.25, -0.2) is 0 Å². The van der Waals surface area contributed by atoms with E-state index in [4.69, 9.17) is 9.47 Å². The van der Waals surface area contributed by atoms with E-state index in [1.54, 1.807) is 29.2 Å². The summed E-state index contributed by atoms with van der Waals surface area (Å²) in [5, 5.41) is 11.4. The monoisotopic (exact) mass is 490 g/mol. The highest BCUT2D eigenvalue weighted by Gasteiger charge is 2.45. The summed E-state index contributed by atoms with van der Waals surface area (Å²) in [4.78, 5) is 30.4. The molecule has 4 rings (SSSR count). The number of aryl methyl sites for hydroxylation is 2. The Balaban J connectivity index is 1.67. The summed E-state index contributed by atoms with van der Waals surface area (Å²) in [6.07, 6.45) is 2.38. The lowest BCUT2D eigenvalue weighted by molar-refractivity contribution is -0.140. The van der Waals surface area contributed by atoms with Crippen molar-refractivity contribution < 1.29 is 24.2 Å². The molecule has 0 saturated carbocycles.